The first-order valence-corrected chi connectivity index (χ1v) is 9.31. The van der Waals surface area contributed by atoms with Crippen LogP contribution >= 0.6 is 0 Å². The highest BCUT2D eigenvalue weighted by atomic mass is 16.6. The Morgan fingerprint density at radius 3 is 2.19 bits per heavy atom. The summed E-state index contributed by atoms with van der Waals surface area (Å²) in [4.78, 5) is 46.9. The van der Waals surface area contributed by atoms with Gasteiger partial charge in [0.25, 0.3) is 17.5 Å². The van der Waals surface area contributed by atoms with Gasteiger partial charge < -0.3 is 15.7 Å². The molecule has 0 aliphatic rings. The van der Waals surface area contributed by atoms with Gasteiger partial charge in [-0.3, -0.25) is 19.7 Å². The Bertz CT molecular complexity index is 1200. The molecule has 0 aliphatic carbocycles. The SMILES string of the molecule is O=C(Nc1ccc(C(=O)O)cc1)/C(=C/c1cccc([N+](=O)[O-])c1)NC(=O)c1ccccc1. The number of hydrogen-bond donors (Lipinski definition) is 3. The van der Waals surface area contributed by atoms with Crippen LogP contribution in [-0.2, 0) is 4.79 Å². The molecule has 9 heteroatoms. The molecule has 0 aliphatic heterocycles. The highest BCUT2D eigenvalue weighted by Crippen LogP contribution is 2.17. The summed E-state index contributed by atoms with van der Waals surface area (Å²) >= 11 is 0. The Morgan fingerprint density at radius 1 is 0.875 bits per heavy atom. The minimum absolute atomic E-state index is 0.0488. The second-order valence-corrected chi connectivity index (χ2v) is 6.57. The third-order valence-corrected chi connectivity index (χ3v) is 4.31. The van der Waals surface area contributed by atoms with Crippen LogP contribution in [0.25, 0.3) is 6.08 Å². The topological polar surface area (TPSA) is 139 Å². The molecule has 0 bridgehead atoms. The largest absolute Gasteiger partial charge is 0.478 e. The molecular weight excluding hydrogens is 414 g/mol. The summed E-state index contributed by atoms with van der Waals surface area (Å²) in [5.74, 6) is -2.34. The molecule has 0 aromatic heterocycles. The van der Waals surface area contributed by atoms with Gasteiger partial charge in [-0.25, -0.2) is 4.79 Å². The van der Waals surface area contributed by atoms with Gasteiger partial charge >= 0.3 is 5.97 Å². The smallest absolute Gasteiger partial charge is 0.335 e. The molecular formula is C23H17N3O6. The number of non-ortho nitro benzene ring substituents is 1. The molecule has 3 aromatic rings. The lowest BCUT2D eigenvalue weighted by molar-refractivity contribution is -0.384. The van der Waals surface area contributed by atoms with E-state index in [-0.39, 0.29) is 16.9 Å². The van der Waals surface area contributed by atoms with Crippen molar-refractivity contribution in [3.8, 4) is 0 Å². The van der Waals surface area contributed by atoms with Crippen molar-refractivity contribution in [1.29, 1.82) is 0 Å². The van der Waals surface area contributed by atoms with E-state index in [1.54, 1.807) is 36.4 Å². The van der Waals surface area contributed by atoms with Crippen LogP contribution in [0.4, 0.5) is 11.4 Å². The average molecular weight is 431 g/mol. The van der Waals surface area contributed by atoms with Crippen LogP contribution in [0.3, 0.4) is 0 Å². The molecule has 0 radical (unpaired) electrons. The number of carbonyl (C=O) groups is 3. The Labute approximate surface area is 182 Å². The van der Waals surface area contributed by atoms with Crippen LogP contribution in [0.5, 0.6) is 0 Å². The lowest BCUT2D eigenvalue weighted by Gasteiger charge is -2.11. The monoisotopic (exact) mass is 431 g/mol. The van der Waals surface area contributed by atoms with Gasteiger partial charge in [-0.1, -0.05) is 30.3 Å². The number of anilines is 1. The second-order valence-electron chi connectivity index (χ2n) is 6.57. The maximum atomic E-state index is 12.9. The number of carboxylic acid groups (broad SMARTS) is 1. The van der Waals surface area contributed by atoms with Gasteiger partial charge in [0, 0.05) is 23.4 Å². The number of aromatic carboxylic acids is 1. The highest BCUT2D eigenvalue weighted by molar-refractivity contribution is 6.10. The van der Waals surface area contributed by atoms with Gasteiger partial charge in [-0.2, -0.15) is 0 Å². The van der Waals surface area contributed by atoms with Gasteiger partial charge in [-0.05, 0) is 48.0 Å². The molecule has 32 heavy (non-hydrogen) atoms. The van der Waals surface area contributed by atoms with E-state index in [1.165, 1.54) is 48.5 Å². The van der Waals surface area contributed by atoms with E-state index in [2.05, 4.69) is 10.6 Å². The number of amides is 2. The van der Waals surface area contributed by atoms with E-state index >= 15 is 0 Å². The van der Waals surface area contributed by atoms with E-state index in [4.69, 9.17) is 5.11 Å². The fourth-order valence-electron chi connectivity index (χ4n) is 2.73. The lowest BCUT2D eigenvalue weighted by Crippen LogP contribution is -2.30. The van der Waals surface area contributed by atoms with Crippen LogP contribution in [0.2, 0.25) is 0 Å². The zero-order chi connectivity index (χ0) is 23.1. The third kappa shape index (κ3) is 5.63. The number of nitrogens with zero attached hydrogens (tertiary/aromatic N) is 1. The van der Waals surface area contributed by atoms with Crippen LogP contribution in [-0.4, -0.2) is 27.8 Å². The zero-order valence-electron chi connectivity index (χ0n) is 16.5. The van der Waals surface area contributed by atoms with Crippen molar-refractivity contribution >= 4 is 35.2 Å². The standard InChI is InChI=1S/C23H17N3O6/c27-21(16-6-2-1-3-7-16)25-20(14-15-5-4-8-19(13-15)26(31)32)22(28)24-18-11-9-17(10-12-18)23(29)30/h1-14H,(H,24,28)(H,25,27)(H,29,30)/b20-14-. The molecule has 9 nitrogen and oxygen atoms in total. The molecule has 0 fully saturated rings. The number of nitro benzene ring substituents is 1. The number of nitrogens with one attached hydrogen (secondary N) is 2. The highest BCUT2D eigenvalue weighted by Gasteiger charge is 2.16. The van der Waals surface area contributed by atoms with Crippen molar-refractivity contribution in [2.75, 3.05) is 5.32 Å². The van der Waals surface area contributed by atoms with Gasteiger partial charge in [0.15, 0.2) is 0 Å². The zero-order valence-corrected chi connectivity index (χ0v) is 16.5. The minimum Gasteiger partial charge on any atom is -0.478 e. The van der Waals surface area contributed by atoms with E-state index < -0.39 is 22.7 Å². The average Bonchev–Trinajstić information content (AvgIpc) is 2.79. The number of nitro groups is 1. The first kappa shape index (κ1) is 21.9. The van der Waals surface area contributed by atoms with Gasteiger partial charge in [0.2, 0.25) is 0 Å². The summed E-state index contributed by atoms with van der Waals surface area (Å²) in [6, 6.07) is 19.3. The van der Waals surface area contributed by atoms with Crippen LogP contribution in [0.15, 0.2) is 84.6 Å². The Morgan fingerprint density at radius 2 is 1.56 bits per heavy atom. The minimum atomic E-state index is -1.11. The maximum absolute atomic E-state index is 12.9. The number of carbonyl (C=O) groups excluding carboxylic acids is 2. The molecule has 0 atom stereocenters. The Hall–Kier alpha value is -4.79. The molecule has 3 aromatic carbocycles. The molecule has 0 saturated carbocycles. The van der Waals surface area contributed by atoms with Gasteiger partial charge in [0.05, 0.1) is 10.5 Å². The summed E-state index contributed by atoms with van der Waals surface area (Å²) in [6.45, 7) is 0. The normalized spacial score (nSPS) is 10.8. The van der Waals surface area contributed by atoms with Crippen LogP contribution in [0.1, 0.15) is 26.3 Å². The molecule has 2 amide bonds. The van der Waals surface area contributed by atoms with E-state index in [0.717, 1.165) is 0 Å². The summed E-state index contributed by atoms with van der Waals surface area (Å²) in [7, 11) is 0. The van der Waals surface area contributed by atoms with E-state index in [1.807, 2.05) is 0 Å². The molecule has 3 rings (SSSR count). The van der Waals surface area contributed by atoms with Crippen molar-refractivity contribution in [1.82, 2.24) is 5.32 Å². The summed E-state index contributed by atoms with van der Waals surface area (Å²) in [5, 5.41) is 25.1. The van der Waals surface area contributed by atoms with Crippen molar-refractivity contribution in [2.45, 2.75) is 0 Å². The lowest BCUT2D eigenvalue weighted by atomic mass is 10.1. The number of benzene rings is 3. The molecule has 0 heterocycles. The second kappa shape index (κ2) is 9.81. The van der Waals surface area contributed by atoms with Gasteiger partial charge in [0.1, 0.15) is 5.70 Å². The molecule has 0 saturated heterocycles. The first-order chi connectivity index (χ1) is 15.3. The number of rotatable bonds is 7. The molecule has 0 unspecified atom stereocenters. The third-order valence-electron chi connectivity index (χ3n) is 4.31. The van der Waals surface area contributed by atoms with Crippen molar-refractivity contribution in [3.05, 3.63) is 111 Å². The first-order valence-electron chi connectivity index (χ1n) is 9.31. The Kier molecular flexibility index (Phi) is 6.72. The predicted molar refractivity (Wildman–Crippen MR) is 117 cm³/mol. The molecule has 0 spiro atoms. The summed E-state index contributed by atoms with van der Waals surface area (Å²) in [5.41, 5.74) is 0.681. The predicted octanol–water partition coefficient (Wildman–Crippen LogP) is 3.70. The van der Waals surface area contributed by atoms with Crippen molar-refractivity contribution in [3.63, 3.8) is 0 Å². The van der Waals surface area contributed by atoms with Crippen LogP contribution < -0.4 is 10.6 Å². The number of carboxylic acids is 1. The fraction of sp³-hybridized carbons (Fsp3) is 0. The maximum Gasteiger partial charge on any atom is 0.335 e. The number of hydrogen-bond acceptors (Lipinski definition) is 5. The van der Waals surface area contributed by atoms with Crippen LogP contribution in [0, 0.1) is 10.1 Å². The van der Waals surface area contributed by atoms with E-state index in [0.29, 0.717) is 16.8 Å². The Balaban J connectivity index is 1.91. The summed E-state index contributed by atoms with van der Waals surface area (Å²) in [6.07, 6.45) is 1.31. The quantitative estimate of drug-likeness (QED) is 0.296. The van der Waals surface area contributed by atoms with E-state index in [9.17, 15) is 24.5 Å². The fourth-order valence-corrected chi connectivity index (χ4v) is 2.73. The van der Waals surface area contributed by atoms with Crippen molar-refractivity contribution < 1.29 is 24.4 Å². The van der Waals surface area contributed by atoms with Gasteiger partial charge in [-0.15, -0.1) is 0 Å². The van der Waals surface area contributed by atoms with Crippen molar-refractivity contribution in [2.24, 2.45) is 0 Å². The summed E-state index contributed by atoms with van der Waals surface area (Å²) < 4.78 is 0. The molecule has 3 N–H and O–H groups in total. The molecule has 160 valence electrons.